The van der Waals surface area contributed by atoms with Crippen LogP contribution in [0.5, 0.6) is 5.75 Å². The van der Waals surface area contributed by atoms with Crippen LogP contribution in [0.15, 0.2) is 21.1 Å². The van der Waals surface area contributed by atoms with Crippen LogP contribution in [-0.4, -0.2) is 37.2 Å². The Balaban J connectivity index is 1.63. The molecule has 3 heterocycles. The topological polar surface area (TPSA) is 24.5 Å². The zero-order valence-corrected chi connectivity index (χ0v) is 15.5. The summed E-state index contributed by atoms with van der Waals surface area (Å²) in [4.78, 5) is 2.59. The molecule has 1 unspecified atom stereocenters. The largest absolute Gasteiger partial charge is 0.492 e. The van der Waals surface area contributed by atoms with Crippen molar-refractivity contribution in [1.29, 1.82) is 0 Å². The van der Waals surface area contributed by atoms with E-state index in [9.17, 15) is 0 Å². The maximum Gasteiger partial charge on any atom is 0.147 e. The Morgan fingerprint density at radius 2 is 1.90 bits per heavy atom. The molecule has 3 fully saturated rings. The number of benzene rings is 1. The van der Waals surface area contributed by atoms with Crippen LogP contribution in [0.4, 0.5) is 0 Å². The van der Waals surface area contributed by atoms with E-state index in [1.54, 1.807) is 0 Å². The lowest BCUT2D eigenvalue weighted by molar-refractivity contribution is 0.0720. The Kier molecular flexibility index (Phi) is 5.25. The van der Waals surface area contributed by atoms with Crippen molar-refractivity contribution in [2.75, 3.05) is 26.2 Å². The molecule has 0 spiro atoms. The summed E-state index contributed by atoms with van der Waals surface area (Å²) in [6.45, 7) is 7.39. The fourth-order valence-electron chi connectivity index (χ4n) is 3.44. The molecule has 3 nitrogen and oxygen atoms in total. The molecule has 0 aromatic heterocycles. The normalized spacial score (nSPS) is 27.9. The van der Waals surface area contributed by atoms with Gasteiger partial charge in [0.05, 0.1) is 15.6 Å². The van der Waals surface area contributed by atoms with Crippen LogP contribution in [0.2, 0.25) is 0 Å². The van der Waals surface area contributed by atoms with Gasteiger partial charge in [0, 0.05) is 19.1 Å². The summed E-state index contributed by atoms with van der Waals surface area (Å²) in [5, 5.41) is 3.75. The van der Waals surface area contributed by atoms with Crippen LogP contribution in [-0.2, 0) is 6.54 Å². The number of fused-ring (bicyclic) bond motifs is 3. The van der Waals surface area contributed by atoms with Gasteiger partial charge >= 0.3 is 0 Å². The lowest BCUT2D eigenvalue weighted by Crippen LogP contribution is -2.55. The number of halogens is 2. The number of hydrogen-bond acceptors (Lipinski definition) is 3. The van der Waals surface area contributed by atoms with Crippen LogP contribution >= 0.6 is 31.9 Å². The number of rotatable bonds is 5. The van der Waals surface area contributed by atoms with Crippen molar-refractivity contribution in [3.05, 3.63) is 26.6 Å². The zero-order chi connectivity index (χ0) is 14.8. The van der Waals surface area contributed by atoms with Crippen LogP contribution in [0.1, 0.15) is 25.3 Å². The number of piperidine rings is 3. The van der Waals surface area contributed by atoms with Gasteiger partial charge < -0.3 is 15.0 Å². The molecule has 2 bridgehead atoms. The first kappa shape index (κ1) is 15.8. The van der Waals surface area contributed by atoms with Crippen molar-refractivity contribution in [2.45, 2.75) is 32.4 Å². The molecule has 1 aromatic carbocycles. The molecule has 1 aromatic rings. The SMILES string of the molecule is CCOc1c(Br)cc(CNC2CN3CCC2CC3)cc1Br. The summed E-state index contributed by atoms with van der Waals surface area (Å²) in [7, 11) is 0. The second kappa shape index (κ2) is 6.99. The molecule has 5 heteroatoms. The Hall–Kier alpha value is -0.100. The number of nitrogens with one attached hydrogen (secondary N) is 1. The molecule has 0 aliphatic carbocycles. The van der Waals surface area contributed by atoms with Crippen molar-refractivity contribution in [2.24, 2.45) is 5.92 Å². The van der Waals surface area contributed by atoms with Crippen molar-refractivity contribution < 1.29 is 4.74 Å². The fraction of sp³-hybridized carbons (Fsp3) is 0.625. The summed E-state index contributed by atoms with van der Waals surface area (Å²) in [6.07, 6.45) is 2.71. The lowest BCUT2D eigenvalue weighted by atomic mass is 9.84. The van der Waals surface area contributed by atoms with E-state index in [2.05, 4.69) is 54.2 Å². The molecule has 3 aliphatic heterocycles. The Labute approximate surface area is 143 Å². The van der Waals surface area contributed by atoms with Gasteiger partial charge in [0.15, 0.2) is 0 Å². The van der Waals surface area contributed by atoms with Crippen LogP contribution in [0.25, 0.3) is 0 Å². The summed E-state index contributed by atoms with van der Waals surface area (Å²) in [6, 6.07) is 4.96. The Morgan fingerprint density at radius 1 is 1.24 bits per heavy atom. The summed E-state index contributed by atoms with van der Waals surface area (Å²) in [5.41, 5.74) is 1.29. The van der Waals surface area contributed by atoms with Crippen molar-refractivity contribution >= 4 is 31.9 Å². The molecule has 1 N–H and O–H groups in total. The highest BCUT2D eigenvalue weighted by Crippen LogP contribution is 2.35. The predicted octanol–water partition coefficient (Wildman–Crippen LogP) is 3.79. The minimum atomic E-state index is 0.650. The zero-order valence-electron chi connectivity index (χ0n) is 12.4. The highest BCUT2D eigenvalue weighted by atomic mass is 79.9. The highest BCUT2D eigenvalue weighted by Gasteiger charge is 2.33. The van der Waals surface area contributed by atoms with E-state index in [0.29, 0.717) is 12.6 Å². The average molecular weight is 418 g/mol. The average Bonchev–Trinajstić information content (AvgIpc) is 2.50. The van der Waals surface area contributed by atoms with Crippen molar-refractivity contribution in [3.8, 4) is 5.75 Å². The van der Waals surface area contributed by atoms with Gasteiger partial charge in [-0.2, -0.15) is 0 Å². The van der Waals surface area contributed by atoms with E-state index in [-0.39, 0.29) is 0 Å². The summed E-state index contributed by atoms with van der Waals surface area (Å²) in [5.74, 6) is 1.76. The van der Waals surface area contributed by atoms with Gasteiger partial charge in [-0.25, -0.2) is 0 Å². The first-order chi connectivity index (χ1) is 10.2. The van der Waals surface area contributed by atoms with Crippen LogP contribution in [0, 0.1) is 5.92 Å². The van der Waals surface area contributed by atoms with Crippen LogP contribution in [0.3, 0.4) is 0 Å². The molecule has 4 rings (SSSR count). The van der Waals surface area contributed by atoms with Crippen molar-refractivity contribution in [3.63, 3.8) is 0 Å². The van der Waals surface area contributed by atoms with E-state index in [1.807, 2.05) is 6.92 Å². The van der Waals surface area contributed by atoms with E-state index in [4.69, 9.17) is 4.74 Å². The predicted molar refractivity (Wildman–Crippen MR) is 92.8 cm³/mol. The van der Waals surface area contributed by atoms with Gasteiger partial charge in [0.1, 0.15) is 5.75 Å². The molecule has 116 valence electrons. The second-order valence-corrected chi connectivity index (χ2v) is 7.66. The first-order valence-corrected chi connectivity index (χ1v) is 9.32. The third kappa shape index (κ3) is 3.63. The fourth-order valence-corrected chi connectivity index (χ4v) is 4.95. The van der Waals surface area contributed by atoms with Gasteiger partial charge in [0.25, 0.3) is 0 Å². The highest BCUT2D eigenvalue weighted by molar-refractivity contribution is 9.11. The molecule has 0 radical (unpaired) electrons. The first-order valence-electron chi connectivity index (χ1n) is 7.74. The van der Waals surface area contributed by atoms with Gasteiger partial charge in [0.2, 0.25) is 0 Å². The van der Waals surface area contributed by atoms with Crippen LogP contribution < -0.4 is 10.1 Å². The van der Waals surface area contributed by atoms with Crippen molar-refractivity contribution in [1.82, 2.24) is 10.2 Å². The number of hydrogen-bond donors (Lipinski definition) is 1. The summed E-state index contributed by atoms with van der Waals surface area (Å²) < 4.78 is 7.67. The maximum atomic E-state index is 5.64. The molecule has 3 aliphatic rings. The molecular weight excluding hydrogens is 396 g/mol. The Morgan fingerprint density at radius 3 is 2.43 bits per heavy atom. The third-order valence-corrected chi connectivity index (χ3v) is 5.75. The van der Waals surface area contributed by atoms with E-state index in [0.717, 1.165) is 27.2 Å². The lowest BCUT2D eigenvalue weighted by Gasteiger charge is -2.45. The molecule has 21 heavy (non-hydrogen) atoms. The Bertz CT molecular complexity index is 478. The molecular formula is C16H22Br2N2O. The molecule has 1 atom stereocenters. The molecule has 0 amide bonds. The van der Waals surface area contributed by atoms with Gasteiger partial charge in [-0.1, -0.05) is 0 Å². The van der Waals surface area contributed by atoms with Gasteiger partial charge in [-0.3, -0.25) is 0 Å². The molecule has 0 saturated carbocycles. The minimum absolute atomic E-state index is 0.650. The smallest absolute Gasteiger partial charge is 0.147 e. The van der Waals surface area contributed by atoms with E-state index < -0.39 is 0 Å². The standard InChI is InChI=1S/C16H22Br2N2O/c1-2-21-16-13(17)7-11(8-14(16)18)9-19-15-10-20-5-3-12(15)4-6-20/h7-8,12,15,19H,2-6,9-10H2,1H3. The summed E-state index contributed by atoms with van der Waals surface area (Å²) >= 11 is 7.21. The monoisotopic (exact) mass is 416 g/mol. The second-order valence-electron chi connectivity index (χ2n) is 5.95. The van der Waals surface area contributed by atoms with Gasteiger partial charge in [-0.15, -0.1) is 0 Å². The number of nitrogens with zero attached hydrogens (tertiary/aromatic N) is 1. The van der Waals surface area contributed by atoms with Gasteiger partial charge in [-0.05, 0) is 88.3 Å². The van der Waals surface area contributed by atoms with E-state index in [1.165, 1.54) is 38.0 Å². The van der Waals surface area contributed by atoms with E-state index >= 15 is 0 Å². The quantitative estimate of drug-likeness (QED) is 0.788. The minimum Gasteiger partial charge on any atom is -0.492 e. The number of ether oxygens (including phenoxy) is 1. The third-order valence-electron chi connectivity index (χ3n) is 4.57. The molecule has 3 saturated heterocycles. The maximum absolute atomic E-state index is 5.64.